The Kier molecular flexibility index (Phi) is 4.12. The van der Waals surface area contributed by atoms with Crippen molar-refractivity contribution in [2.24, 2.45) is 0 Å². The Balaban J connectivity index is 2.61. The van der Waals surface area contributed by atoms with Gasteiger partial charge in [0.1, 0.15) is 0 Å². The molecule has 5 heteroatoms. The van der Waals surface area contributed by atoms with Crippen LogP contribution in [0.1, 0.15) is 10.4 Å². The second-order valence-electron chi connectivity index (χ2n) is 2.73. The monoisotopic (exact) mass is 227 g/mol. The lowest BCUT2D eigenvalue weighted by Crippen LogP contribution is -2.37. The van der Waals surface area contributed by atoms with Gasteiger partial charge < -0.3 is 10.1 Å². The Bertz CT molecular complexity index is 353. The van der Waals surface area contributed by atoms with Crippen LogP contribution in [0, 0.1) is 0 Å². The van der Waals surface area contributed by atoms with Gasteiger partial charge in [-0.3, -0.25) is 4.79 Å². The summed E-state index contributed by atoms with van der Waals surface area (Å²) in [6, 6.07) is 8.47. The van der Waals surface area contributed by atoms with Crippen molar-refractivity contribution in [3.8, 4) is 0 Å². The molecule has 15 heavy (non-hydrogen) atoms. The number of halogens is 1. The number of rotatable bonds is 3. The van der Waals surface area contributed by atoms with Crippen LogP contribution in [0.25, 0.3) is 0 Å². The minimum atomic E-state index is -1.16. The van der Waals surface area contributed by atoms with Gasteiger partial charge >= 0.3 is 5.97 Å². The fourth-order valence-corrected chi connectivity index (χ4v) is 1.14. The predicted molar refractivity (Wildman–Crippen MR) is 55.6 cm³/mol. The van der Waals surface area contributed by atoms with Gasteiger partial charge in [-0.05, 0) is 12.1 Å². The fraction of sp³-hybridized carbons (Fsp3) is 0.200. The van der Waals surface area contributed by atoms with Gasteiger partial charge in [-0.1, -0.05) is 29.8 Å². The molecule has 0 saturated heterocycles. The van der Waals surface area contributed by atoms with E-state index >= 15 is 0 Å². The number of amides is 1. The van der Waals surface area contributed by atoms with Crippen molar-refractivity contribution < 1.29 is 14.3 Å². The van der Waals surface area contributed by atoms with Crippen LogP contribution >= 0.6 is 11.6 Å². The predicted octanol–water partition coefficient (Wildman–Crippen LogP) is 1.15. The zero-order valence-electron chi connectivity index (χ0n) is 8.07. The van der Waals surface area contributed by atoms with Crippen molar-refractivity contribution in [1.82, 2.24) is 5.32 Å². The third-order valence-electron chi connectivity index (χ3n) is 1.70. The highest BCUT2D eigenvalue weighted by atomic mass is 35.5. The summed E-state index contributed by atoms with van der Waals surface area (Å²) in [6.45, 7) is 0. The first kappa shape index (κ1) is 11.5. The molecular weight excluding hydrogens is 218 g/mol. The van der Waals surface area contributed by atoms with E-state index in [1.165, 1.54) is 7.11 Å². The Morgan fingerprint density at radius 2 is 1.93 bits per heavy atom. The van der Waals surface area contributed by atoms with Crippen LogP contribution in [0.4, 0.5) is 0 Å². The van der Waals surface area contributed by atoms with Crippen LogP contribution in [0.5, 0.6) is 0 Å². The highest BCUT2D eigenvalue weighted by Gasteiger charge is 2.18. The number of ether oxygens (including phenoxy) is 1. The second kappa shape index (κ2) is 5.36. The molecular formula is C10H10ClNO3. The molecule has 0 saturated carbocycles. The van der Waals surface area contributed by atoms with E-state index in [4.69, 9.17) is 11.6 Å². The number of methoxy groups -OCH3 is 1. The average molecular weight is 228 g/mol. The lowest BCUT2D eigenvalue weighted by molar-refractivity contribution is -0.140. The van der Waals surface area contributed by atoms with Gasteiger partial charge in [0, 0.05) is 5.56 Å². The van der Waals surface area contributed by atoms with E-state index in [1.807, 2.05) is 0 Å². The van der Waals surface area contributed by atoms with E-state index in [2.05, 4.69) is 10.1 Å². The largest absolute Gasteiger partial charge is 0.467 e. The van der Waals surface area contributed by atoms with Gasteiger partial charge in [-0.25, -0.2) is 4.79 Å². The molecule has 1 rings (SSSR count). The minimum absolute atomic E-state index is 0.416. The van der Waals surface area contributed by atoms with Crippen LogP contribution < -0.4 is 5.32 Å². The maximum atomic E-state index is 11.5. The zero-order valence-corrected chi connectivity index (χ0v) is 8.82. The van der Waals surface area contributed by atoms with Gasteiger partial charge in [0.25, 0.3) is 5.91 Å². The number of carbonyl (C=O) groups excluding carboxylic acids is 2. The van der Waals surface area contributed by atoms with Gasteiger partial charge in [0.2, 0.25) is 5.50 Å². The van der Waals surface area contributed by atoms with Gasteiger partial charge in [0.05, 0.1) is 7.11 Å². The van der Waals surface area contributed by atoms with Crippen LogP contribution in [0.15, 0.2) is 30.3 Å². The number of hydrogen-bond acceptors (Lipinski definition) is 3. The molecule has 0 aliphatic heterocycles. The van der Waals surface area contributed by atoms with Crippen LogP contribution in [-0.2, 0) is 9.53 Å². The van der Waals surface area contributed by atoms with Crippen molar-refractivity contribution in [2.75, 3.05) is 7.11 Å². The van der Waals surface area contributed by atoms with Crippen LogP contribution in [0.3, 0.4) is 0 Å². The van der Waals surface area contributed by atoms with Crippen molar-refractivity contribution in [3.63, 3.8) is 0 Å². The highest BCUT2D eigenvalue weighted by Crippen LogP contribution is 2.01. The number of carbonyl (C=O) groups is 2. The van der Waals surface area contributed by atoms with E-state index in [0.29, 0.717) is 5.56 Å². The summed E-state index contributed by atoms with van der Waals surface area (Å²) in [5, 5.41) is 2.30. The maximum Gasteiger partial charge on any atom is 0.344 e. The molecule has 0 aliphatic rings. The summed E-state index contributed by atoms with van der Waals surface area (Å²) in [4.78, 5) is 22.4. The van der Waals surface area contributed by atoms with E-state index in [9.17, 15) is 9.59 Å². The maximum absolute atomic E-state index is 11.5. The summed E-state index contributed by atoms with van der Waals surface area (Å²) < 4.78 is 4.36. The average Bonchev–Trinajstić information content (AvgIpc) is 2.29. The summed E-state index contributed by atoms with van der Waals surface area (Å²) in [7, 11) is 1.20. The van der Waals surface area contributed by atoms with Crippen molar-refractivity contribution in [3.05, 3.63) is 35.9 Å². The van der Waals surface area contributed by atoms with E-state index in [1.54, 1.807) is 30.3 Å². The Morgan fingerprint density at radius 1 is 1.33 bits per heavy atom. The van der Waals surface area contributed by atoms with E-state index < -0.39 is 17.4 Å². The third-order valence-corrected chi connectivity index (χ3v) is 1.99. The number of alkyl halides is 1. The molecule has 1 aromatic rings. The molecule has 1 aromatic carbocycles. The van der Waals surface area contributed by atoms with E-state index in [-0.39, 0.29) is 0 Å². The summed E-state index contributed by atoms with van der Waals surface area (Å²) in [5.74, 6) is -1.11. The summed E-state index contributed by atoms with van der Waals surface area (Å²) in [6.07, 6.45) is 0. The van der Waals surface area contributed by atoms with Gasteiger partial charge in [-0.2, -0.15) is 0 Å². The smallest absolute Gasteiger partial charge is 0.344 e. The first-order valence-electron chi connectivity index (χ1n) is 4.23. The number of nitrogens with one attached hydrogen (secondary N) is 1. The molecule has 0 heterocycles. The Labute approximate surface area is 92.2 Å². The van der Waals surface area contributed by atoms with Gasteiger partial charge in [0.15, 0.2) is 0 Å². The normalized spacial score (nSPS) is 11.6. The van der Waals surface area contributed by atoms with Gasteiger partial charge in [-0.15, -0.1) is 0 Å². The molecule has 80 valence electrons. The van der Waals surface area contributed by atoms with Crippen LogP contribution in [-0.4, -0.2) is 24.5 Å². The second-order valence-corrected chi connectivity index (χ2v) is 3.16. The molecule has 0 bridgehead atoms. The molecule has 0 fully saturated rings. The number of benzene rings is 1. The number of hydrogen-bond donors (Lipinski definition) is 1. The number of esters is 1. The topological polar surface area (TPSA) is 55.4 Å². The molecule has 4 nitrogen and oxygen atoms in total. The molecule has 0 aliphatic carbocycles. The quantitative estimate of drug-likeness (QED) is 0.479. The molecule has 1 atom stereocenters. The summed E-state index contributed by atoms with van der Waals surface area (Å²) >= 11 is 5.57. The highest BCUT2D eigenvalue weighted by molar-refractivity contribution is 6.30. The van der Waals surface area contributed by atoms with Crippen molar-refractivity contribution in [1.29, 1.82) is 0 Å². The zero-order chi connectivity index (χ0) is 11.3. The van der Waals surface area contributed by atoms with Crippen molar-refractivity contribution >= 4 is 23.5 Å². The molecule has 1 amide bonds. The molecule has 1 unspecified atom stereocenters. The van der Waals surface area contributed by atoms with Crippen molar-refractivity contribution in [2.45, 2.75) is 5.50 Å². The third kappa shape index (κ3) is 3.25. The first-order valence-corrected chi connectivity index (χ1v) is 4.66. The SMILES string of the molecule is COC(=O)C(Cl)NC(=O)c1ccccc1. The molecule has 0 radical (unpaired) electrons. The lowest BCUT2D eigenvalue weighted by Gasteiger charge is -2.09. The van der Waals surface area contributed by atoms with E-state index in [0.717, 1.165) is 0 Å². The Hall–Kier alpha value is -1.55. The molecule has 1 N–H and O–H groups in total. The standard InChI is InChI=1S/C10H10ClNO3/c1-15-10(14)8(11)12-9(13)7-5-3-2-4-6-7/h2-6,8H,1H3,(H,12,13). The summed E-state index contributed by atoms with van der Waals surface area (Å²) in [5.41, 5.74) is -0.727. The first-order chi connectivity index (χ1) is 7.15. The molecule has 0 aromatic heterocycles. The Morgan fingerprint density at radius 3 is 2.47 bits per heavy atom. The fourth-order valence-electron chi connectivity index (χ4n) is 0.950. The minimum Gasteiger partial charge on any atom is -0.467 e. The van der Waals surface area contributed by atoms with Crippen LogP contribution in [0.2, 0.25) is 0 Å². The molecule has 0 spiro atoms. The lowest BCUT2D eigenvalue weighted by atomic mass is 10.2.